The summed E-state index contributed by atoms with van der Waals surface area (Å²) in [5, 5.41) is 0.995. The average Bonchev–Trinajstić information content (AvgIpc) is 3.06. The summed E-state index contributed by atoms with van der Waals surface area (Å²) in [4.78, 5) is 29.3. The van der Waals surface area contributed by atoms with Gasteiger partial charge < -0.3 is 4.90 Å². The summed E-state index contributed by atoms with van der Waals surface area (Å²) in [5.41, 5.74) is 4.00. The van der Waals surface area contributed by atoms with Crippen LogP contribution in [-0.2, 0) is 11.2 Å². The van der Waals surface area contributed by atoms with Gasteiger partial charge in [-0.15, -0.1) is 0 Å². The van der Waals surface area contributed by atoms with Crippen LogP contribution in [0.3, 0.4) is 0 Å². The molecule has 1 aliphatic carbocycles. The highest BCUT2D eigenvalue weighted by molar-refractivity contribution is 6.03. The molecule has 142 valence electrons. The molecule has 0 N–H and O–H groups in total. The molecule has 0 spiro atoms. The zero-order valence-electron chi connectivity index (χ0n) is 17.5. The molecule has 2 heterocycles. The normalized spacial score (nSPS) is 22.2. The summed E-state index contributed by atoms with van der Waals surface area (Å²) >= 11 is 0. The molecule has 0 unspecified atom stereocenters. The minimum Gasteiger partial charge on any atom is -0.343 e. The van der Waals surface area contributed by atoms with Crippen LogP contribution in [0.4, 0.5) is 0 Å². The number of hydrogen-bond acceptors (Lipinski definition) is 3. The Kier molecular flexibility index (Phi) is 4.12. The summed E-state index contributed by atoms with van der Waals surface area (Å²) in [5.74, 6) is -0.0785. The van der Waals surface area contributed by atoms with Crippen LogP contribution in [0.15, 0.2) is 30.4 Å². The van der Waals surface area contributed by atoms with Crippen LogP contribution in [-0.4, -0.2) is 58.9 Å². The first-order chi connectivity index (χ1) is 13.4. The van der Waals surface area contributed by atoms with Crippen LogP contribution in [0.2, 0.25) is 0 Å². The molecule has 5 nitrogen and oxygen atoms in total. The molecular weight excluding hydrogens is 338 g/mol. The van der Waals surface area contributed by atoms with Crippen molar-refractivity contribution >= 4 is 28.3 Å². The van der Waals surface area contributed by atoms with E-state index >= 15 is 0 Å². The maximum Gasteiger partial charge on any atom is 0.230 e. The topological polar surface area (TPSA) is 45.6 Å². The molecule has 0 saturated heterocycles. The second-order valence-corrected chi connectivity index (χ2v) is 7.56. The molecule has 0 radical (unpaired) electrons. The van der Waals surface area contributed by atoms with Crippen LogP contribution in [0, 0.1) is 5.92 Å². The fraction of sp³-hybridized carbons (Fsp3) is 0.455. The van der Waals surface area contributed by atoms with Gasteiger partial charge in [0.05, 0.1) is 12.8 Å². The fourth-order valence-electron chi connectivity index (χ4n) is 4.65. The molecule has 0 fully saturated rings. The highest BCUT2D eigenvalue weighted by Gasteiger charge is 2.37. The smallest absolute Gasteiger partial charge is 0.230 e. The van der Waals surface area contributed by atoms with Gasteiger partial charge in [-0.25, -0.2) is 0 Å². The summed E-state index contributed by atoms with van der Waals surface area (Å²) in [7, 11) is 2.07. The molecule has 2 aromatic rings. The molecular formula is C22H27N3O2. The molecule has 2 aliphatic rings. The van der Waals surface area contributed by atoms with Gasteiger partial charge in [-0.1, -0.05) is 18.2 Å². The van der Waals surface area contributed by atoms with Crippen LogP contribution >= 0.6 is 0 Å². The SMILES string of the molecule is [2H]c1ccc2c3c(cn(C(C)=O)c13)C[C@@H]1C2=C[C@@H](C(=O)N(CC)CC)CN1C. The Balaban J connectivity index is 1.88. The Morgan fingerprint density at radius 2 is 2.07 bits per heavy atom. The Morgan fingerprint density at radius 3 is 2.74 bits per heavy atom. The van der Waals surface area contributed by atoms with Crippen LogP contribution < -0.4 is 0 Å². The number of fused-ring (bicyclic) bond motifs is 2. The molecule has 27 heavy (non-hydrogen) atoms. The van der Waals surface area contributed by atoms with Crippen molar-refractivity contribution in [3.63, 3.8) is 0 Å². The third-order valence-corrected chi connectivity index (χ3v) is 6.04. The first-order valence-electron chi connectivity index (χ1n) is 10.2. The number of aromatic nitrogens is 1. The lowest BCUT2D eigenvalue weighted by Gasteiger charge is -2.40. The molecule has 1 amide bonds. The fourth-order valence-corrected chi connectivity index (χ4v) is 4.65. The van der Waals surface area contributed by atoms with Gasteiger partial charge in [0.1, 0.15) is 0 Å². The predicted octanol–water partition coefficient (Wildman–Crippen LogP) is 3.04. The van der Waals surface area contributed by atoms with E-state index in [4.69, 9.17) is 1.37 Å². The molecule has 0 saturated carbocycles. The first-order valence-corrected chi connectivity index (χ1v) is 9.72. The van der Waals surface area contributed by atoms with Crippen LogP contribution in [0.5, 0.6) is 0 Å². The molecule has 0 bridgehead atoms. The quantitative estimate of drug-likeness (QED) is 0.839. The van der Waals surface area contributed by atoms with Crippen molar-refractivity contribution < 1.29 is 11.0 Å². The second kappa shape index (κ2) is 6.64. The maximum absolute atomic E-state index is 13.0. The number of rotatable bonds is 3. The molecule has 1 aromatic heterocycles. The molecule has 1 aliphatic heterocycles. The Labute approximate surface area is 161 Å². The van der Waals surface area contributed by atoms with Gasteiger partial charge in [0.15, 0.2) is 0 Å². The first kappa shape index (κ1) is 16.8. The van der Waals surface area contributed by atoms with E-state index in [1.54, 1.807) is 10.6 Å². The number of hydrogen-bond donors (Lipinski definition) is 0. The second-order valence-electron chi connectivity index (χ2n) is 7.56. The largest absolute Gasteiger partial charge is 0.343 e. The van der Waals surface area contributed by atoms with Crippen LogP contribution in [0.25, 0.3) is 16.5 Å². The molecule has 4 rings (SSSR count). The minimum atomic E-state index is -0.168. The van der Waals surface area contributed by atoms with Gasteiger partial charge in [-0.05, 0) is 50.1 Å². The van der Waals surface area contributed by atoms with Crippen molar-refractivity contribution in [2.45, 2.75) is 33.2 Å². The van der Waals surface area contributed by atoms with E-state index in [9.17, 15) is 9.59 Å². The van der Waals surface area contributed by atoms with Crippen LogP contribution in [0.1, 0.15) is 38.1 Å². The van der Waals surface area contributed by atoms with Gasteiger partial charge in [-0.3, -0.25) is 19.1 Å². The summed E-state index contributed by atoms with van der Waals surface area (Å²) in [6.07, 6.45) is 4.83. The van der Waals surface area contributed by atoms with Crippen molar-refractivity contribution in [2.75, 3.05) is 26.7 Å². The number of carbonyl (C=O) groups is 2. The van der Waals surface area contributed by atoms with Crippen molar-refractivity contribution in [1.29, 1.82) is 0 Å². The van der Waals surface area contributed by atoms with E-state index in [0.29, 0.717) is 31.2 Å². The van der Waals surface area contributed by atoms with Crippen molar-refractivity contribution in [1.82, 2.24) is 14.4 Å². The third-order valence-electron chi connectivity index (χ3n) is 6.04. The van der Waals surface area contributed by atoms with E-state index in [2.05, 4.69) is 18.0 Å². The van der Waals surface area contributed by atoms with E-state index in [0.717, 1.165) is 28.5 Å². The van der Waals surface area contributed by atoms with Gasteiger partial charge in [0.2, 0.25) is 11.8 Å². The number of likely N-dealkylation sites (N-methyl/N-ethyl adjacent to an activating group) is 1. The number of benzene rings is 1. The maximum atomic E-state index is 13.0. The summed E-state index contributed by atoms with van der Waals surface area (Å²) in [6, 6.07) is 4.30. The van der Waals surface area contributed by atoms with Gasteiger partial charge in [-0.2, -0.15) is 0 Å². The number of nitrogens with zero attached hydrogens (tertiary/aromatic N) is 3. The highest BCUT2D eigenvalue weighted by Crippen LogP contribution is 2.41. The molecule has 2 atom stereocenters. The van der Waals surface area contributed by atoms with Gasteiger partial charge in [0, 0.05) is 44.2 Å². The van der Waals surface area contributed by atoms with E-state index in [-0.39, 0.29) is 23.8 Å². The Hall–Kier alpha value is -2.40. The van der Waals surface area contributed by atoms with Gasteiger partial charge in [0.25, 0.3) is 0 Å². The van der Waals surface area contributed by atoms with Crippen molar-refractivity contribution in [3.8, 4) is 0 Å². The highest BCUT2D eigenvalue weighted by atomic mass is 16.2. The number of amides is 1. The number of carbonyl (C=O) groups excluding carboxylic acids is 2. The van der Waals surface area contributed by atoms with E-state index in [1.807, 2.05) is 31.0 Å². The standard InChI is InChI=1S/C22H27N3O2/c1-5-24(6-2)22(27)16-10-18-17-8-7-9-19-21(17)15(13-25(19)14(3)26)11-20(18)23(4)12-16/h7-10,13,16,20H,5-6,11-12H2,1-4H3/t16-,20-/m1/s1/i9D. The zero-order valence-corrected chi connectivity index (χ0v) is 16.5. The summed E-state index contributed by atoms with van der Waals surface area (Å²) in [6.45, 7) is 7.68. The monoisotopic (exact) mass is 366 g/mol. The van der Waals surface area contributed by atoms with E-state index in [1.165, 1.54) is 6.92 Å². The Morgan fingerprint density at radius 1 is 1.33 bits per heavy atom. The van der Waals surface area contributed by atoms with E-state index < -0.39 is 0 Å². The average molecular weight is 366 g/mol. The lowest BCUT2D eigenvalue weighted by Crippen LogP contribution is -2.47. The summed E-state index contributed by atoms with van der Waals surface area (Å²) < 4.78 is 9.93. The lowest BCUT2D eigenvalue weighted by molar-refractivity contribution is -0.134. The Bertz CT molecular complexity index is 1000. The van der Waals surface area contributed by atoms with Crippen molar-refractivity contribution in [3.05, 3.63) is 41.6 Å². The minimum absolute atomic E-state index is 0.0799. The third kappa shape index (κ3) is 2.72. The van der Waals surface area contributed by atoms with Gasteiger partial charge >= 0.3 is 0 Å². The molecule has 5 heteroatoms. The molecule has 1 aromatic carbocycles. The predicted molar refractivity (Wildman–Crippen MR) is 108 cm³/mol. The zero-order chi connectivity index (χ0) is 20.2. The van der Waals surface area contributed by atoms with Crippen molar-refractivity contribution in [2.24, 2.45) is 5.92 Å². The lowest BCUT2D eigenvalue weighted by atomic mass is 9.79.